The molecular formula is C21H29FIN5OS. The molecule has 6 nitrogen and oxygen atoms in total. The van der Waals surface area contributed by atoms with E-state index in [1.807, 2.05) is 12.1 Å². The van der Waals surface area contributed by atoms with Crippen molar-refractivity contribution in [3.63, 3.8) is 0 Å². The number of aliphatic imine (C=N–C) groups is 1. The zero-order chi connectivity index (χ0) is 20.6. The molecule has 0 saturated carbocycles. The van der Waals surface area contributed by atoms with E-state index in [1.165, 1.54) is 10.9 Å². The summed E-state index contributed by atoms with van der Waals surface area (Å²) < 4.78 is 13.4. The molecular weight excluding hydrogens is 516 g/mol. The molecule has 0 atom stereocenters. The number of thiophene rings is 1. The van der Waals surface area contributed by atoms with E-state index in [9.17, 15) is 9.18 Å². The van der Waals surface area contributed by atoms with Crippen molar-refractivity contribution < 1.29 is 9.18 Å². The van der Waals surface area contributed by atoms with E-state index in [0.29, 0.717) is 6.54 Å². The third kappa shape index (κ3) is 7.51. The smallest absolute Gasteiger partial charge is 0.243 e. The van der Waals surface area contributed by atoms with Crippen molar-refractivity contribution in [2.75, 3.05) is 46.8 Å². The number of piperazine rings is 1. The minimum Gasteiger partial charge on any atom is -0.351 e. The second-order valence-electron chi connectivity index (χ2n) is 7.25. The van der Waals surface area contributed by atoms with Gasteiger partial charge in [-0.15, -0.1) is 35.3 Å². The van der Waals surface area contributed by atoms with Crippen LogP contribution in [0.25, 0.3) is 0 Å². The molecule has 0 spiro atoms. The molecule has 1 aromatic carbocycles. The summed E-state index contributed by atoms with van der Waals surface area (Å²) in [6.07, 6.45) is 0. The van der Waals surface area contributed by atoms with E-state index in [-0.39, 0.29) is 42.2 Å². The van der Waals surface area contributed by atoms with Gasteiger partial charge in [-0.05, 0) is 29.1 Å². The molecule has 2 aromatic rings. The Hall–Kier alpha value is -1.72. The summed E-state index contributed by atoms with van der Waals surface area (Å²) in [5, 5.41) is 5.46. The minimum atomic E-state index is -0.195. The molecule has 3 rings (SSSR count). The summed E-state index contributed by atoms with van der Waals surface area (Å²) >= 11 is 1.69. The molecule has 1 aliphatic rings. The Morgan fingerprint density at radius 1 is 1.20 bits per heavy atom. The number of nitrogens with zero attached hydrogens (tertiary/aromatic N) is 4. The average Bonchev–Trinajstić information content (AvgIpc) is 3.22. The first kappa shape index (κ1) is 24.5. The van der Waals surface area contributed by atoms with E-state index in [1.54, 1.807) is 42.5 Å². The molecule has 1 amide bonds. The lowest BCUT2D eigenvalue weighted by atomic mass is 10.2. The topological polar surface area (TPSA) is 51.2 Å². The number of likely N-dealkylation sites (N-methyl/N-ethyl adjacent to an activating group) is 1. The fourth-order valence-electron chi connectivity index (χ4n) is 3.14. The Balaban J connectivity index is 0.00000320. The van der Waals surface area contributed by atoms with Crippen molar-refractivity contribution in [2.45, 2.75) is 13.1 Å². The van der Waals surface area contributed by atoms with Gasteiger partial charge in [0.15, 0.2) is 5.96 Å². The summed E-state index contributed by atoms with van der Waals surface area (Å²) in [5.74, 6) is 0.545. The number of hydrogen-bond donors (Lipinski definition) is 1. The van der Waals surface area contributed by atoms with Crippen LogP contribution in [0.3, 0.4) is 0 Å². The van der Waals surface area contributed by atoms with Gasteiger partial charge in [0, 0.05) is 51.7 Å². The highest BCUT2D eigenvalue weighted by atomic mass is 127. The van der Waals surface area contributed by atoms with Crippen LogP contribution in [0.1, 0.15) is 10.4 Å². The van der Waals surface area contributed by atoms with Crippen molar-refractivity contribution in [2.24, 2.45) is 4.99 Å². The lowest BCUT2D eigenvalue weighted by Crippen LogP contribution is -2.52. The first-order chi connectivity index (χ1) is 14.0. The van der Waals surface area contributed by atoms with E-state index >= 15 is 0 Å². The van der Waals surface area contributed by atoms with Gasteiger partial charge in [0.25, 0.3) is 0 Å². The van der Waals surface area contributed by atoms with Gasteiger partial charge >= 0.3 is 0 Å². The molecule has 0 unspecified atom stereocenters. The number of nitrogens with one attached hydrogen (secondary N) is 1. The lowest BCUT2D eigenvalue weighted by Gasteiger charge is -2.36. The van der Waals surface area contributed by atoms with E-state index in [2.05, 4.69) is 31.6 Å². The van der Waals surface area contributed by atoms with Crippen LogP contribution in [-0.4, -0.2) is 73.4 Å². The molecule has 164 valence electrons. The van der Waals surface area contributed by atoms with Crippen molar-refractivity contribution in [3.05, 3.63) is 58.0 Å². The molecule has 2 heterocycles. The van der Waals surface area contributed by atoms with Crippen LogP contribution in [0, 0.1) is 5.82 Å². The summed E-state index contributed by atoms with van der Waals surface area (Å²) in [6.45, 7) is 4.89. The molecule has 1 aliphatic heterocycles. The number of rotatable bonds is 6. The Morgan fingerprint density at radius 3 is 2.60 bits per heavy atom. The summed E-state index contributed by atoms with van der Waals surface area (Å²) in [5.41, 5.74) is 0.986. The summed E-state index contributed by atoms with van der Waals surface area (Å²) in [6, 6.07) is 10.9. The van der Waals surface area contributed by atoms with E-state index < -0.39 is 0 Å². The minimum absolute atomic E-state index is 0. The number of hydrogen-bond acceptors (Lipinski definition) is 4. The zero-order valence-electron chi connectivity index (χ0n) is 17.4. The van der Waals surface area contributed by atoms with Crippen LogP contribution >= 0.6 is 35.3 Å². The van der Waals surface area contributed by atoms with Gasteiger partial charge in [-0.25, -0.2) is 9.38 Å². The maximum Gasteiger partial charge on any atom is 0.243 e. The van der Waals surface area contributed by atoms with Crippen molar-refractivity contribution in [1.29, 1.82) is 0 Å². The highest BCUT2D eigenvalue weighted by Gasteiger charge is 2.20. The number of guanidine groups is 1. The van der Waals surface area contributed by atoms with Gasteiger partial charge in [0.2, 0.25) is 5.91 Å². The number of amides is 1. The first-order valence-corrected chi connectivity index (χ1v) is 10.6. The maximum atomic E-state index is 13.4. The lowest BCUT2D eigenvalue weighted by molar-refractivity contribution is -0.127. The Labute approximate surface area is 198 Å². The van der Waals surface area contributed by atoms with Crippen LogP contribution in [0.2, 0.25) is 0 Å². The molecule has 0 radical (unpaired) electrons. The Bertz CT molecular complexity index is 823. The zero-order valence-corrected chi connectivity index (χ0v) is 20.5. The van der Waals surface area contributed by atoms with Crippen molar-refractivity contribution in [1.82, 2.24) is 20.0 Å². The van der Waals surface area contributed by atoms with Gasteiger partial charge < -0.3 is 15.1 Å². The van der Waals surface area contributed by atoms with Gasteiger partial charge in [-0.2, -0.15) is 0 Å². The third-order valence-electron chi connectivity index (χ3n) is 4.83. The predicted molar refractivity (Wildman–Crippen MR) is 131 cm³/mol. The molecule has 1 saturated heterocycles. The normalized spacial score (nSPS) is 14.9. The van der Waals surface area contributed by atoms with Crippen molar-refractivity contribution in [3.8, 4) is 0 Å². The maximum absolute atomic E-state index is 13.4. The van der Waals surface area contributed by atoms with Gasteiger partial charge in [-0.1, -0.05) is 18.2 Å². The Kier molecular flexibility index (Phi) is 9.99. The molecule has 0 aliphatic carbocycles. The summed E-state index contributed by atoms with van der Waals surface area (Å²) in [7, 11) is 3.48. The third-order valence-corrected chi connectivity index (χ3v) is 5.71. The molecule has 1 aromatic heterocycles. The Morgan fingerprint density at radius 2 is 1.97 bits per heavy atom. The van der Waals surface area contributed by atoms with Crippen LogP contribution in [0.4, 0.5) is 4.39 Å². The molecule has 1 fully saturated rings. The molecule has 9 heteroatoms. The summed E-state index contributed by atoms with van der Waals surface area (Å²) in [4.78, 5) is 23.8. The van der Waals surface area contributed by atoms with Gasteiger partial charge in [0.1, 0.15) is 12.4 Å². The molecule has 1 N–H and O–H groups in total. The average molecular weight is 545 g/mol. The van der Waals surface area contributed by atoms with Gasteiger partial charge in [-0.3, -0.25) is 9.69 Å². The second-order valence-corrected chi connectivity index (χ2v) is 8.29. The number of halogens is 2. The van der Waals surface area contributed by atoms with E-state index in [0.717, 1.165) is 44.2 Å². The van der Waals surface area contributed by atoms with Crippen LogP contribution in [0.5, 0.6) is 0 Å². The molecule has 0 bridgehead atoms. The highest BCUT2D eigenvalue weighted by molar-refractivity contribution is 14.0. The van der Waals surface area contributed by atoms with Crippen molar-refractivity contribution >= 4 is 47.2 Å². The molecule has 30 heavy (non-hydrogen) atoms. The SMILES string of the molecule is CN(C)C(=O)CN=C(NCc1cccs1)N1CCN(Cc2cccc(F)c2)CC1.I. The first-order valence-electron chi connectivity index (χ1n) is 9.74. The monoisotopic (exact) mass is 545 g/mol. The number of carbonyl (C=O) groups is 1. The fraction of sp³-hybridized carbons (Fsp3) is 0.429. The standard InChI is InChI=1S/C21H28FN5OS.HI/c1-25(2)20(28)15-24-21(23-14-19-7-4-12-29-19)27-10-8-26(9-11-27)16-17-5-3-6-18(22)13-17;/h3-7,12-13H,8-11,14-16H2,1-2H3,(H,23,24);1H. The highest BCUT2D eigenvalue weighted by Crippen LogP contribution is 2.11. The fourth-order valence-corrected chi connectivity index (χ4v) is 3.79. The quantitative estimate of drug-likeness (QED) is 0.345. The van der Waals surface area contributed by atoms with Crippen LogP contribution in [0.15, 0.2) is 46.8 Å². The predicted octanol–water partition coefficient (Wildman–Crippen LogP) is 2.86. The second kappa shape index (κ2) is 12.2. The van der Waals surface area contributed by atoms with E-state index in [4.69, 9.17) is 0 Å². The number of benzene rings is 1. The van der Waals surface area contributed by atoms with Crippen LogP contribution in [-0.2, 0) is 17.9 Å². The largest absolute Gasteiger partial charge is 0.351 e. The van der Waals surface area contributed by atoms with Gasteiger partial charge in [0.05, 0.1) is 6.54 Å². The van der Waals surface area contributed by atoms with Crippen LogP contribution < -0.4 is 5.32 Å². The number of carbonyl (C=O) groups excluding carboxylic acids is 1.